The fourth-order valence-corrected chi connectivity index (χ4v) is 3.27. The lowest BCUT2D eigenvalue weighted by atomic mass is 10.2. The van der Waals surface area contributed by atoms with Gasteiger partial charge in [0.2, 0.25) is 0 Å². The van der Waals surface area contributed by atoms with Crippen molar-refractivity contribution in [3.8, 4) is 5.75 Å². The molecule has 0 aliphatic rings. The number of nitrogens with one attached hydrogen (secondary N) is 1. The second-order valence-electron chi connectivity index (χ2n) is 5.15. The average Bonchev–Trinajstić information content (AvgIpc) is 3.02. The first-order valence-corrected chi connectivity index (χ1v) is 8.94. The van der Waals surface area contributed by atoms with Crippen molar-refractivity contribution in [2.75, 3.05) is 12.4 Å². The number of benzene rings is 2. The molecular weight excluding hydrogens is 404 g/mol. The Hall–Kier alpha value is -2.32. The third kappa shape index (κ3) is 4.21. The molecule has 1 N–H and O–H groups in total. The molecule has 0 spiro atoms. The van der Waals surface area contributed by atoms with Gasteiger partial charge < -0.3 is 14.6 Å². The molecule has 1 amide bonds. The molecular formula is C17H15BrN4O2S. The number of hydrogen-bond donors (Lipinski definition) is 1. The minimum absolute atomic E-state index is 0.209. The van der Waals surface area contributed by atoms with Gasteiger partial charge in [-0.05, 0) is 70.2 Å². The Labute approximate surface area is 157 Å². The zero-order valence-corrected chi connectivity index (χ0v) is 16.0. The van der Waals surface area contributed by atoms with Crippen LogP contribution < -0.4 is 10.1 Å². The Kier molecular flexibility index (Phi) is 5.40. The molecule has 0 fully saturated rings. The molecule has 3 aromatic rings. The number of hydrogen-bond acceptors (Lipinski definition) is 5. The first-order chi connectivity index (χ1) is 12.1. The van der Waals surface area contributed by atoms with E-state index in [1.54, 1.807) is 31.6 Å². The lowest BCUT2D eigenvalue weighted by Crippen LogP contribution is -2.12. The van der Waals surface area contributed by atoms with Gasteiger partial charge in [-0.1, -0.05) is 0 Å². The van der Waals surface area contributed by atoms with Crippen molar-refractivity contribution in [1.29, 1.82) is 0 Å². The van der Waals surface area contributed by atoms with Gasteiger partial charge in [0.25, 0.3) is 5.91 Å². The Morgan fingerprint density at radius 3 is 2.64 bits per heavy atom. The monoisotopic (exact) mass is 418 g/mol. The van der Waals surface area contributed by atoms with Crippen LogP contribution in [0, 0.1) is 0 Å². The van der Waals surface area contributed by atoms with E-state index < -0.39 is 0 Å². The molecule has 0 unspecified atom stereocenters. The van der Waals surface area contributed by atoms with E-state index in [2.05, 4.69) is 31.4 Å². The van der Waals surface area contributed by atoms with Crippen LogP contribution in [0.15, 0.2) is 63.3 Å². The molecule has 3 rings (SSSR count). The van der Waals surface area contributed by atoms with Gasteiger partial charge in [-0.25, -0.2) is 0 Å². The molecule has 6 nitrogen and oxygen atoms in total. The largest absolute Gasteiger partial charge is 0.497 e. The summed E-state index contributed by atoms with van der Waals surface area (Å²) in [5.74, 6) is 0.420. The summed E-state index contributed by atoms with van der Waals surface area (Å²) in [7, 11) is 3.46. The molecule has 8 heteroatoms. The van der Waals surface area contributed by atoms with E-state index in [0.717, 1.165) is 10.1 Å². The highest BCUT2D eigenvalue weighted by Crippen LogP contribution is 2.27. The molecule has 1 aromatic heterocycles. The van der Waals surface area contributed by atoms with Gasteiger partial charge in [0, 0.05) is 22.1 Å². The van der Waals surface area contributed by atoms with Crippen molar-refractivity contribution in [2.45, 2.75) is 10.1 Å². The Morgan fingerprint density at radius 2 is 2.00 bits per heavy atom. The van der Waals surface area contributed by atoms with Crippen molar-refractivity contribution in [3.63, 3.8) is 0 Å². The van der Waals surface area contributed by atoms with Gasteiger partial charge in [0.05, 0.1) is 12.7 Å². The number of halogens is 1. The molecule has 0 saturated carbocycles. The summed E-state index contributed by atoms with van der Waals surface area (Å²) in [4.78, 5) is 13.5. The summed E-state index contributed by atoms with van der Waals surface area (Å²) in [6.45, 7) is 0. The van der Waals surface area contributed by atoms with Crippen LogP contribution in [0.3, 0.4) is 0 Å². The second-order valence-corrected chi connectivity index (χ2v) is 7.05. The van der Waals surface area contributed by atoms with Gasteiger partial charge in [-0.15, -0.1) is 10.2 Å². The zero-order chi connectivity index (χ0) is 17.8. The fourth-order valence-electron chi connectivity index (χ4n) is 2.08. The summed E-state index contributed by atoms with van der Waals surface area (Å²) in [5.41, 5.74) is 1.22. The van der Waals surface area contributed by atoms with Crippen LogP contribution in [0.1, 0.15) is 10.4 Å². The minimum atomic E-state index is -0.209. The van der Waals surface area contributed by atoms with Gasteiger partial charge in [0.15, 0.2) is 5.16 Å². The maximum Gasteiger partial charge on any atom is 0.256 e. The Morgan fingerprint density at radius 1 is 1.24 bits per heavy atom. The lowest BCUT2D eigenvalue weighted by Gasteiger charge is -2.09. The number of rotatable bonds is 5. The summed E-state index contributed by atoms with van der Waals surface area (Å²) in [6, 6.07) is 12.8. The van der Waals surface area contributed by atoms with Crippen LogP contribution in [-0.4, -0.2) is 27.8 Å². The Bertz CT molecular complexity index is 896. The Balaban J connectivity index is 1.71. The molecule has 0 aliphatic carbocycles. The molecule has 0 aliphatic heterocycles. The SMILES string of the molecule is COc1ccc(Br)c(C(=O)Nc2ccc(Sc3nncn3C)cc2)c1. The number of nitrogens with zero attached hydrogens (tertiary/aromatic N) is 3. The van der Waals surface area contributed by atoms with Crippen LogP contribution in [0.5, 0.6) is 5.75 Å². The molecule has 0 bridgehead atoms. The van der Waals surface area contributed by atoms with Crippen molar-refractivity contribution < 1.29 is 9.53 Å². The number of aryl methyl sites for hydroxylation is 1. The highest BCUT2D eigenvalue weighted by Gasteiger charge is 2.12. The molecule has 25 heavy (non-hydrogen) atoms. The number of carbonyl (C=O) groups is 1. The lowest BCUT2D eigenvalue weighted by molar-refractivity contribution is 0.102. The van der Waals surface area contributed by atoms with Crippen molar-refractivity contribution in [3.05, 3.63) is 58.8 Å². The standard InChI is InChI=1S/C17H15BrN4O2S/c1-22-10-19-21-17(22)25-13-6-3-11(4-7-13)20-16(23)14-9-12(24-2)5-8-15(14)18/h3-10H,1-2H3,(H,20,23). The van der Waals surface area contributed by atoms with Crippen molar-refractivity contribution >= 4 is 39.3 Å². The number of carbonyl (C=O) groups excluding carboxylic acids is 1. The van der Waals surface area contributed by atoms with Crippen LogP contribution in [0.4, 0.5) is 5.69 Å². The van der Waals surface area contributed by atoms with Gasteiger partial charge in [0.1, 0.15) is 12.1 Å². The van der Waals surface area contributed by atoms with Gasteiger partial charge >= 0.3 is 0 Å². The first-order valence-electron chi connectivity index (χ1n) is 7.33. The van der Waals surface area contributed by atoms with E-state index in [9.17, 15) is 4.79 Å². The maximum atomic E-state index is 12.5. The second kappa shape index (κ2) is 7.71. The van der Waals surface area contributed by atoms with Crippen LogP contribution in [0.25, 0.3) is 0 Å². The smallest absolute Gasteiger partial charge is 0.256 e. The van der Waals surface area contributed by atoms with Gasteiger partial charge in [-0.3, -0.25) is 4.79 Å². The topological polar surface area (TPSA) is 69.0 Å². The zero-order valence-electron chi connectivity index (χ0n) is 13.6. The predicted molar refractivity (Wildman–Crippen MR) is 100 cm³/mol. The third-order valence-corrected chi connectivity index (χ3v) is 5.16. The predicted octanol–water partition coefficient (Wildman–Crippen LogP) is 3.99. The summed E-state index contributed by atoms with van der Waals surface area (Å²) < 4.78 is 7.73. The van der Waals surface area contributed by atoms with Crippen LogP contribution in [-0.2, 0) is 7.05 Å². The summed E-state index contributed by atoms with van der Waals surface area (Å²) >= 11 is 4.90. The van der Waals surface area contributed by atoms with Gasteiger partial charge in [-0.2, -0.15) is 0 Å². The molecule has 1 heterocycles. The van der Waals surface area contributed by atoms with E-state index in [-0.39, 0.29) is 5.91 Å². The van der Waals surface area contributed by atoms with Crippen molar-refractivity contribution in [2.24, 2.45) is 7.05 Å². The number of amides is 1. The van der Waals surface area contributed by atoms with E-state index >= 15 is 0 Å². The molecule has 0 atom stereocenters. The molecule has 0 saturated heterocycles. The summed E-state index contributed by atoms with van der Waals surface area (Å²) in [5, 5.41) is 11.6. The van der Waals surface area contributed by atoms with Crippen molar-refractivity contribution in [1.82, 2.24) is 14.8 Å². The highest BCUT2D eigenvalue weighted by molar-refractivity contribution is 9.10. The number of ether oxygens (including phenoxy) is 1. The number of methoxy groups -OCH3 is 1. The van der Waals surface area contributed by atoms with E-state index in [1.807, 2.05) is 35.9 Å². The number of aromatic nitrogens is 3. The summed E-state index contributed by atoms with van der Waals surface area (Å²) in [6.07, 6.45) is 1.66. The number of anilines is 1. The molecule has 128 valence electrons. The van der Waals surface area contributed by atoms with E-state index in [0.29, 0.717) is 21.5 Å². The van der Waals surface area contributed by atoms with E-state index in [1.165, 1.54) is 11.8 Å². The van der Waals surface area contributed by atoms with E-state index in [4.69, 9.17) is 4.74 Å². The minimum Gasteiger partial charge on any atom is -0.497 e. The average molecular weight is 419 g/mol. The van der Waals surface area contributed by atoms with Crippen LogP contribution in [0.2, 0.25) is 0 Å². The quantitative estimate of drug-likeness (QED) is 0.678. The third-order valence-electron chi connectivity index (χ3n) is 3.41. The van der Waals surface area contributed by atoms with Crippen LogP contribution >= 0.6 is 27.7 Å². The normalized spacial score (nSPS) is 10.5. The maximum absolute atomic E-state index is 12.5. The molecule has 0 radical (unpaired) electrons. The highest BCUT2D eigenvalue weighted by atomic mass is 79.9. The first kappa shape index (κ1) is 17.5. The molecule has 2 aromatic carbocycles. The fraction of sp³-hybridized carbons (Fsp3) is 0.118.